The van der Waals surface area contributed by atoms with Crippen LogP contribution >= 0.6 is 0 Å². The molecule has 9 nitrogen and oxygen atoms in total. The lowest BCUT2D eigenvalue weighted by Crippen LogP contribution is -2.39. The summed E-state index contributed by atoms with van der Waals surface area (Å²) in [5.74, 6) is 2.20. The highest BCUT2D eigenvalue weighted by atomic mass is 16.3. The fourth-order valence-corrected chi connectivity index (χ4v) is 4.75. The maximum atomic E-state index is 11.4. The van der Waals surface area contributed by atoms with E-state index in [1.807, 2.05) is 18.5 Å². The molecule has 0 unspecified atom stereocenters. The molecule has 9 heteroatoms. The van der Waals surface area contributed by atoms with Gasteiger partial charge in [0.15, 0.2) is 17.0 Å². The van der Waals surface area contributed by atoms with Crippen molar-refractivity contribution in [3.8, 4) is 11.3 Å². The van der Waals surface area contributed by atoms with Gasteiger partial charge in [-0.1, -0.05) is 24.3 Å². The predicted molar refractivity (Wildman–Crippen MR) is 141 cm³/mol. The number of furan rings is 1. The van der Waals surface area contributed by atoms with Crippen molar-refractivity contribution in [3.05, 3.63) is 54.6 Å². The maximum Gasteiger partial charge on any atom is 0.227 e. The second-order valence-electron chi connectivity index (χ2n) is 9.73. The Kier molecular flexibility index (Phi) is 6.88. The van der Waals surface area contributed by atoms with Crippen molar-refractivity contribution in [1.29, 1.82) is 0 Å². The monoisotopic (exact) mass is 487 g/mol. The largest absolute Gasteiger partial charge is 0.464 e. The van der Waals surface area contributed by atoms with Gasteiger partial charge in [-0.3, -0.25) is 4.79 Å². The molecule has 1 aliphatic carbocycles. The Bertz CT molecular complexity index is 1300. The number of fused-ring (bicyclic) bond motifs is 1. The fourth-order valence-electron chi connectivity index (χ4n) is 4.75. The molecule has 3 N–H and O–H groups in total. The molecule has 3 aromatic heterocycles. The average molecular weight is 488 g/mol. The van der Waals surface area contributed by atoms with Gasteiger partial charge < -0.3 is 24.9 Å². The Hall–Kier alpha value is -3.88. The number of benzene rings is 1. The van der Waals surface area contributed by atoms with Crippen LogP contribution < -0.4 is 16.0 Å². The van der Waals surface area contributed by atoms with Crippen molar-refractivity contribution in [2.24, 2.45) is 0 Å². The average Bonchev–Trinajstić information content (AvgIpc) is 3.54. The summed E-state index contributed by atoms with van der Waals surface area (Å²) in [6.07, 6.45) is 7.32. The standard InChI is InChI=1S/C27H33N7O2/c1-17(2)34-16-29-24-25(28-15-19-6-8-20(9-7-19)23-5-4-14-36-23)32-27(33-26(24)34)31-22-12-10-21(11-13-22)30-18(3)35/h4-9,14,16-17,21-22H,10-13,15H2,1-3H3,(H,30,35)(H2,28,31,32,33). The number of carbonyl (C=O) groups is 1. The van der Waals surface area contributed by atoms with Crippen LogP contribution in [0, 0.1) is 0 Å². The van der Waals surface area contributed by atoms with Crippen molar-refractivity contribution in [3.63, 3.8) is 0 Å². The fraction of sp³-hybridized carbons (Fsp3) is 0.407. The minimum atomic E-state index is 0.0356. The zero-order valence-corrected chi connectivity index (χ0v) is 21.0. The molecule has 1 saturated carbocycles. The number of imidazole rings is 1. The van der Waals surface area contributed by atoms with E-state index >= 15 is 0 Å². The maximum absolute atomic E-state index is 11.4. The lowest BCUT2D eigenvalue weighted by Gasteiger charge is -2.29. The number of aromatic nitrogens is 4. The second-order valence-corrected chi connectivity index (χ2v) is 9.73. The van der Waals surface area contributed by atoms with E-state index in [1.54, 1.807) is 13.2 Å². The molecule has 0 atom stereocenters. The van der Waals surface area contributed by atoms with E-state index in [-0.39, 0.29) is 24.0 Å². The highest BCUT2D eigenvalue weighted by Gasteiger charge is 2.23. The first-order valence-electron chi connectivity index (χ1n) is 12.6. The Morgan fingerprint density at radius 2 is 1.83 bits per heavy atom. The molecule has 5 rings (SSSR count). The van der Waals surface area contributed by atoms with Crippen LogP contribution in [0.1, 0.15) is 58.1 Å². The third kappa shape index (κ3) is 5.35. The number of nitrogens with zero attached hydrogens (tertiary/aromatic N) is 4. The SMILES string of the molecule is CC(=O)NC1CCC(Nc2nc(NCc3ccc(-c4ccco4)cc3)c3ncn(C(C)C)c3n2)CC1. The molecule has 1 amide bonds. The van der Waals surface area contributed by atoms with E-state index in [4.69, 9.17) is 14.4 Å². The van der Waals surface area contributed by atoms with Gasteiger partial charge in [-0.15, -0.1) is 0 Å². The first-order chi connectivity index (χ1) is 17.5. The van der Waals surface area contributed by atoms with Gasteiger partial charge in [0.25, 0.3) is 0 Å². The van der Waals surface area contributed by atoms with Gasteiger partial charge in [0.05, 0.1) is 12.6 Å². The third-order valence-corrected chi connectivity index (χ3v) is 6.67. The molecule has 3 heterocycles. The molecule has 0 radical (unpaired) electrons. The molecule has 188 valence electrons. The van der Waals surface area contributed by atoms with Gasteiger partial charge in [0.2, 0.25) is 11.9 Å². The lowest BCUT2D eigenvalue weighted by atomic mass is 9.91. The Morgan fingerprint density at radius 3 is 2.50 bits per heavy atom. The molecule has 0 spiro atoms. The topological polar surface area (TPSA) is 110 Å². The quantitative estimate of drug-likeness (QED) is 0.316. The summed E-state index contributed by atoms with van der Waals surface area (Å²) in [4.78, 5) is 25.6. The predicted octanol–water partition coefficient (Wildman–Crippen LogP) is 5.14. The lowest BCUT2D eigenvalue weighted by molar-refractivity contribution is -0.119. The summed E-state index contributed by atoms with van der Waals surface area (Å²) in [6, 6.07) is 12.9. The number of nitrogens with one attached hydrogen (secondary N) is 3. The van der Waals surface area contributed by atoms with Crippen LogP contribution in [0.5, 0.6) is 0 Å². The molecule has 1 aliphatic rings. The van der Waals surface area contributed by atoms with E-state index in [0.29, 0.717) is 18.3 Å². The molecule has 0 aliphatic heterocycles. The zero-order chi connectivity index (χ0) is 25.1. The number of anilines is 2. The van der Waals surface area contributed by atoms with E-state index in [1.165, 1.54) is 0 Å². The van der Waals surface area contributed by atoms with E-state index in [9.17, 15) is 4.79 Å². The van der Waals surface area contributed by atoms with Crippen molar-refractivity contribution in [2.45, 2.75) is 71.1 Å². The molecule has 1 aromatic carbocycles. The van der Waals surface area contributed by atoms with Gasteiger partial charge in [-0.25, -0.2) is 4.98 Å². The number of carbonyl (C=O) groups excluding carboxylic acids is 1. The minimum Gasteiger partial charge on any atom is -0.464 e. The van der Waals surface area contributed by atoms with Gasteiger partial charge >= 0.3 is 0 Å². The minimum absolute atomic E-state index is 0.0356. The molecular formula is C27H33N7O2. The first kappa shape index (κ1) is 23.8. The highest BCUT2D eigenvalue weighted by molar-refractivity contribution is 5.84. The van der Waals surface area contributed by atoms with E-state index in [0.717, 1.165) is 53.7 Å². The summed E-state index contributed by atoms with van der Waals surface area (Å²) in [7, 11) is 0. The molecule has 4 aromatic rings. The van der Waals surface area contributed by atoms with Gasteiger partial charge in [-0.2, -0.15) is 9.97 Å². The van der Waals surface area contributed by atoms with Crippen LogP contribution in [0.2, 0.25) is 0 Å². The van der Waals surface area contributed by atoms with E-state index in [2.05, 4.69) is 63.6 Å². The number of hydrogen-bond acceptors (Lipinski definition) is 7. The Morgan fingerprint density at radius 1 is 1.08 bits per heavy atom. The van der Waals surface area contributed by atoms with Crippen LogP contribution in [0.25, 0.3) is 22.5 Å². The first-order valence-corrected chi connectivity index (χ1v) is 12.6. The summed E-state index contributed by atoms with van der Waals surface area (Å²) >= 11 is 0. The van der Waals surface area contributed by atoms with Crippen LogP contribution in [0.3, 0.4) is 0 Å². The number of rotatable bonds is 8. The van der Waals surface area contributed by atoms with Crippen molar-refractivity contribution >= 4 is 28.8 Å². The van der Waals surface area contributed by atoms with Gasteiger partial charge in [0, 0.05) is 37.2 Å². The Labute approximate surface area is 210 Å². The molecule has 36 heavy (non-hydrogen) atoms. The van der Waals surface area contributed by atoms with Gasteiger partial charge in [0.1, 0.15) is 5.76 Å². The number of hydrogen-bond donors (Lipinski definition) is 3. The smallest absolute Gasteiger partial charge is 0.227 e. The van der Waals surface area contributed by atoms with Gasteiger partial charge in [-0.05, 0) is 57.2 Å². The van der Waals surface area contributed by atoms with E-state index < -0.39 is 0 Å². The molecule has 0 saturated heterocycles. The van der Waals surface area contributed by atoms with Crippen LogP contribution in [-0.4, -0.2) is 37.5 Å². The summed E-state index contributed by atoms with van der Waals surface area (Å²) in [6.45, 7) is 6.42. The molecule has 0 bridgehead atoms. The van der Waals surface area contributed by atoms with Crippen LogP contribution in [0.15, 0.2) is 53.4 Å². The van der Waals surface area contributed by atoms with Crippen molar-refractivity contribution in [2.75, 3.05) is 10.6 Å². The summed E-state index contributed by atoms with van der Waals surface area (Å²) in [5, 5.41) is 10.1. The Balaban J connectivity index is 1.33. The third-order valence-electron chi connectivity index (χ3n) is 6.67. The van der Waals surface area contributed by atoms with Crippen LogP contribution in [-0.2, 0) is 11.3 Å². The highest BCUT2D eigenvalue weighted by Crippen LogP contribution is 2.27. The van der Waals surface area contributed by atoms with Crippen LogP contribution in [0.4, 0.5) is 11.8 Å². The van der Waals surface area contributed by atoms with Crippen molar-refractivity contribution in [1.82, 2.24) is 24.8 Å². The molecule has 1 fully saturated rings. The second kappa shape index (κ2) is 10.4. The molecular weight excluding hydrogens is 454 g/mol. The summed E-state index contributed by atoms with van der Waals surface area (Å²) < 4.78 is 7.56. The normalized spacial score (nSPS) is 17.9. The number of amides is 1. The zero-order valence-electron chi connectivity index (χ0n) is 21.0. The van der Waals surface area contributed by atoms with Crippen molar-refractivity contribution < 1.29 is 9.21 Å². The summed E-state index contributed by atoms with van der Waals surface area (Å²) in [5.41, 5.74) is 3.75.